The van der Waals surface area contributed by atoms with Crippen molar-refractivity contribution in [3.8, 4) is 5.69 Å². The fourth-order valence-electron chi connectivity index (χ4n) is 4.11. The zero-order valence-corrected chi connectivity index (χ0v) is 22.4. The van der Waals surface area contributed by atoms with Crippen molar-refractivity contribution in [3.63, 3.8) is 0 Å². The first kappa shape index (κ1) is 25.2. The Kier molecular flexibility index (Phi) is 6.66. The lowest BCUT2D eigenvalue weighted by atomic mass is 9.87. The highest BCUT2D eigenvalue weighted by molar-refractivity contribution is 7.80. The topological polar surface area (TPSA) is 54.3 Å². The van der Waals surface area contributed by atoms with Crippen LogP contribution in [0.4, 0.5) is 5.69 Å². The fraction of sp³-hybridized carbons (Fsp3) is 0.222. The highest BCUT2D eigenvalue weighted by Gasteiger charge is 2.35. The van der Waals surface area contributed by atoms with Gasteiger partial charge >= 0.3 is 0 Å². The number of benzene rings is 2. The van der Waals surface area contributed by atoms with Crippen LogP contribution in [0.1, 0.15) is 43.3 Å². The van der Waals surface area contributed by atoms with Crippen LogP contribution in [0, 0.1) is 13.8 Å². The number of nitrogens with zero attached hydrogens (tertiary/aromatic N) is 2. The number of nitrogens with one attached hydrogen (secondary N) is 1. The maximum atomic E-state index is 13.4. The van der Waals surface area contributed by atoms with Gasteiger partial charge in [-0.1, -0.05) is 56.1 Å². The van der Waals surface area contributed by atoms with Gasteiger partial charge in [-0.05, 0) is 85.1 Å². The third-order valence-corrected chi connectivity index (χ3v) is 7.05. The Morgan fingerprint density at radius 3 is 2.14 bits per heavy atom. The van der Waals surface area contributed by atoms with Gasteiger partial charge in [0.2, 0.25) is 0 Å². The van der Waals surface area contributed by atoms with Crippen molar-refractivity contribution in [2.45, 2.75) is 40.0 Å². The molecule has 0 radical (unpaired) electrons. The molecule has 1 aliphatic rings. The molecule has 3 aromatic rings. The summed E-state index contributed by atoms with van der Waals surface area (Å²) >= 11 is 17.4. The molecule has 0 spiro atoms. The van der Waals surface area contributed by atoms with Crippen molar-refractivity contribution in [1.29, 1.82) is 0 Å². The van der Waals surface area contributed by atoms with Gasteiger partial charge in [0.25, 0.3) is 11.8 Å². The molecule has 8 heteroatoms. The van der Waals surface area contributed by atoms with E-state index < -0.39 is 11.8 Å². The average Bonchev–Trinajstić information content (AvgIpc) is 3.05. The Labute approximate surface area is 220 Å². The second-order valence-corrected chi connectivity index (χ2v) is 10.7. The molecule has 2 amide bonds. The number of thiocarbonyl (C=S) groups is 1. The molecule has 0 unspecified atom stereocenters. The number of carbonyl (C=O) groups is 2. The lowest BCUT2D eigenvalue weighted by molar-refractivity contribution is -0.122. The van der Waals surface area contributed by atoms with Gasteiger partial charge in [-0.25, -0.2) is 0 Å². The Morgan fingerprint density at radius 2 is 1.54 bits per heavy atom. The number of hydrogen-bond donors (Lipinski definition) is 1. The smallest absolute Gasteiger partial charge is 0.270 e. The molecule has 2 heterocycles. The Balaban J connectivity index is 1.73. The van der Waals surface area contributed by atoms with Crippen molar-refractivity contribution in [1.82, 2.24) is 9.88 Å². The van der Waals surface area contributed by atoms with Crippen molar-refractivity contribution in [3.05, 3.63) is 86.7 Å². The lowest BCUT2D eigenvalue weighted by Crippen LogP contribution is -2.54. The number of aromatic nitrogens is 1. The monoisotopic (exact) mass is 525 g/mol. The quantitative estimate of drug-likeness (QED) is 0.240. The minimum atomic E-state index is -0.546. The number of hydrogen-bond acceptors (Lipinski definition) is 3. The molecule has 0 aliphatic carbocycles. The van der Waals surface area contributed by atoms with Crippen LogP contribution in [0.5, 0.6) is 0 Å². The van der Waals surface area contributed by atoms with E-state index in [2.05, 4.69) is 54.9 Å². The maximum Gasteiger partial charge on any atom is 0.270 e. The predicted octanol–water partition coefficient (Wildman–Crippen LogP) is 6.53. The van der Waals surface area contributed by atoms with Crippen LogP contribution in [0.2, 0.25) is 10.0 Å². The van der Waals surface area contributed by atoms with Crippen LogP contribution in [0.3, 0.4) is 0 Å². The molecule has 4 rings (SSSR count). The molecule has 0 atom stereocenters. The van der Waals surface area contributed by atoms with Gasteiger partial charge in [0.05, 0.1) is 15.7 Å². The number of anilines is 1. The van der Waals surface area contributed by atoms with Crippen molar-refractivity contribution < 1.29 is 9.59 Å². The summed E-state index contributed by atoms with van der Waals surface area (Å²) in [6, 6.07) is 15.1. The lowest BCUT2D eigenvalue weighted by Gasteiger charge is -2.29. The van der Waals surface area contributed by atoms with Crippen LogP contribution in [-0.4, -0.2) is 21.5 Å². The molecule has 0 bridgehead atoms. The highest BCUT2D eigenvalue weighted by atomic mass is 35.5. The van der Waals surface area contributed by atoms with E-state index in [1.807, 2.05) is 19.9 Å². The summed E-state index contributed by atoms with van der Waals surface area (Å²) in [6.45, 7) is 10.5. The van der Waals surface area contributed by atoms with Gasteiger partial charge in [0.1, 0.15) is 5.57 Å². The van der Waals surface area contributed by atoms with E-state index in [4.69, 9.17) is 35.4 Å². The first-order chi connectivity index (χ1) is 16.4. The van der Waals surface area contributed by atoms with E-state index in [1.54, 1.807) is 18.2 Å². The molecule has 1 aromatic heterocycles. The third kappa shape index (κ3) is 4.79. The Morgan fingerprint density at radius 1 is 0.914 bits per heavy atom. The number of aryl methyl sites for hydroxylation is 1. The third-order valence-electron chi connectivity index (χ3n) is 6.02. The van der Waals surface area contributed by atoms with Crippen LogP contribution in [0.25, 0.3) is 11.8 Å². The molecule has 1 aliphatic heterocycles. The largest absolute Gasteiger partial charge is 0.318 e. The summed E-state index contributed by atoms with van der Waals surface area (Å²) < 4.78 is 2.10. The van der Waals surface area contributed by atoms with Crippen molar-refractivity contribution in [2.75, 3.05) is 4.90 Å². The molecule has 1 N–H and O–H groups in total. The standard InChI is InChI=1S/C27H25Cl2N3O2S/c1-15-12-17(16(2)31(15)19-8-6-18(7-9-19)27(3,4)5)13-21-24(33)30-26(35)32(25(21)34)20-10-11-22(28)23(29)14-20/h6-14H,1-5H3,(H,30,33,35)/b21-13+. The number of amides is 2. The number of halogens is 2. The Bertz CT molecular complexity index is 1400. The highest BCUT2D eigenvalue weighted by Crippen LogP contribution is 2.31. The summed E-state index contributed by atoms with van der Waals surface area (Å²) in [5.74, 6) is -1.08. The summed E-state index contributed by atoms with van der Waals surface area (Å²) in [4.78, 5) is 27.4. The van der Waals surface area contributed by atoms with Gasteiger partial charge in [-0.15, -0.1) is 0 Å². The Hall–Kier alpha value is -2.93. The second-order valence-electron chi connectivity index (χ2n) is 9.52. The fourth-order valence-corrected chi connectivity index (χ4v) is 4.69. The van der Waals surface area contributed by atoms with Crippen LogP contribution in [0.15, 0.2) is 54.1 Å². The second kappa shape index (κ2) is 9.26. The molecule has 1 fully saturated rings. The van der Waals surface area contributed by atoms with E-state index in [0.29, 0.717) is 10.7 Å². The summed E-state index contributed by atoms with van der Waals surface area (Å²) in [5.41, 5.74) is 5.38. The SMILES string of the molecule is Cc1cc(/C=C2\C(=O)NC(=S)N(c3ccc(Cl)c(Cl)c3)C2=O)c(C)n1-c1ccc(C(C)(C)C)cc1. The van der Waals surface area contributed by atoms with E-state index in [9.17, 15) is 9.59 Å². The van der Waals surface area contributed by atoms with Gasteiger partial charge < -0.3 is 4.57 Å². The summed E-state index contributed by atoms with van der Waals surface area (Å²) in [5, 5.41) is 3.22. The van der Waals surface area contributed by atoms with Crippen LogP contribution >= 0.6 is 35.4 Å². The predicted molar refractivity (Wildman–Crippen MR) is 147 cm³/mol. The molecule has 1 saturated heterocycles. The van der Waals surface area contributed by atoms with Crippen molar-refractivity contribution >= 4 is 64.1 Å². The summed E-state index contributed by atoms with van der Waals surface area (Å²) in [6.07, 6.45) is 1.60. The zero-order valence-electron chi connectivity index (χ0n) is 20.1. The summed E-state index contributed by atoms with van der Waals surface area (Å²) in [7, 11) is 0. The molecule has 0 saturated carbocycles. The van der Waals surface area contributed by atoms with Gasteiger partial charge in [-0.2, -0.15) is 0 Å². The van der Waals surface area contributed by atoms with E-state index in [-0.39, 0.29) is 21.1 Å². The molecular weight excluding hydrogens is 501 g/mol. The number of rotatable bonds is 3. The first-order valence-corrected chi connectivity index (χ1v) is 12.2. The van der Waals surface area contributed by atoms with Crippen molar-refractivity contribution in [2.24, 2.45) is 0 Å². The van der Waals surface area contributed by atoms with E-state index in [0.717, 1.165) is 22.6 Å². The maximum absolute atomic E-state index is 13.4. The van der Waals surface area contributed by atoms with Gasteiger partial charge in [0.15, 0.2) is 5.11 Å². The van der Waals surface area contributed by atoms with Gasteiger partial charge in [-0.3, -0.25) is 19.8 Å². The minimum Gasteiger partial charge on any atom is -0.318 e. The average molecular weight is 526 g/mol. The van der Waals surface area contributed by atoms with Crippen LogP contribution < -0.4 is 10.2 Å². The normalized spacial score (nSPS) is 15.7. The molecule has 35 heavy (non-hydrogen) atoms. The minimum absolute atomic E-state index is 0.0139. The first-order valence-electron chi connectivity index (χ1n) is 11.0. The van der Waals surface area contributed by atoms with E-state index in [1.165, 1.54) is 16.5 Å². The van der Waals surface area contributed by atoms with Crippen LogP contribution in [-0.2, 0) is 15.0 Å². The molecule has 5 nitrogen and oxygen atoms in total. The van der Waals surface area contributed by atoms with E-state index >= 15 is 0 Å². The number of carbonyl (C=O) groups excluding carboxylic acids is 2. The molecular formula is C27H25Cl2N3O2S. The molecule has 180 valence electrons. The molecule has 2 aromatic carbocycles. The van der Waals surface area contributed by atoms with Gasteiger partial charge in [0, 0.05) is 17.1 Å². The zero-order chi connectivity index (χ0) is 25.7.